The van der Waals surface area contributed by atoms with E-state index in [-0.39, 0.29) is 0 Å². The lowest BCUT2D eigenvalue weighted by molar-refractivity contribution is 0.791. The summed E-state index contributed by atoms with van der Waals surface area (Å²) in [5.74, 6) is 0.646. The van der Waals surface area contributed by atoms with Crippen LogP contribution in [0.25, 0.3) is 17.1 Å². The summed E-state index contributed by atoms with van der Waals surface area (Å²) in [6.07, 6.45) is 0. The first-order valence-corrected chi connectivity index (χ1v) is 7.33. The van der Waals surface area contributed by atoms with Crippen molar-refractivity contribution >= 4 is 33.2 Å². The third kappa shape index (κ3) is 2.64. The van der Waals surface area contributed by atoms with Crippen molar-refractivity contribution < 1.29 is 0 Å². The van der Waals surface area contributed by atoms with Crippen LogP contribution >= 0.6 is 27.5 Å². The highest BCUT2D eigenvalue weighted by molar-refractivity contribution is 9.10. The van der Waals surface area contributed by atoms with E-state index in [4.69, 9.17) is 17.3 Å². The Hall–Kier alpha value is -1.92. The van der Waals surface area contributed by atoms with Gasteiger partial charge in [0.15, 0.2) is 5.82 Å². The molecule has 106 valence electrons. The van der Waals surface area contributed by atoms with E-state index in [1.165, 1.54) is 0 Å². The summed E-state index contributed by atoms with van der Waals surface area (Å²) in [4.78, 5) is 0. The molecule has 0 aliphatic carbocycles. The molecule has 3 aromatic rings. The molecule has 2 N–H and O–H groups in total. The van der Waals surface area contributed by atoms with E-state index in [2.05, 4.69) is 31.5 Å². The number of nitrogens with zero attached hydrogens (tertiary/aromatic N) is 4. The monoisotopic (exact) mass is 363 g/mol. The van der Waals surface area contributed by atoms with E-state index in [9.17, 15) is 0 Å². The molecule has 0 fully saturated rings. The zero-order valence-corrected chi connectivity index (χ0v) is 13.4. The molecule has 0 amide bonds. The Labute approximate surface area is 134 Å². The Kier molecular flexibility index (Phi) is 3.65. The topological polar surface area (TPSA) is 69.6 Å². The minimum absolute atomic E-state index is 0.636. The fourth-order valence-electron chi connectivity index (χ4n) is 1.97. The van der Waals surface area contributed by atoms with Crippen LogP contribution in [0, 0.1) is 6.92 Å². The van der Waals surface area contributed by atoms with E-state index < -0.39 is 0 Å². The average Bonchev–Trinajstić information content (AvgIpc) is 2.94. The minimum atomic E-state index is 0.636. The van der Waals surface area contributed by atoms with Crippen LogP contribution in [0.4, 0.5) is 5.69 Å². The van der Waals surface area contributed by atoms with Gasteiger partial charge in [0.05, 0.1) is 10.7 Å². The van der Waals surface area contributed by atoms with Gasteiger partial charge < -0.3 is 5.73 Å². The third-order valence-electron chi connectivity index (χ3n) is 3.15. The summed E-state index contributed by atoms with van der Waals surface area (Å²) in [5, 5.41) is 12.5. The maximum atomic E-state index is 6.02. The summed E-state index contributed by atoms with van der Waals surface area (Å²) >= 11 is 9.42. The van der Waals surface area contributed by atoms with Gasteiger partial charge in [-0.05, 0) is 75.2 Å². The summed E-state index contributed by atoms with van der Waals surface area (Å²) in [6, 6.07) is 11.2. The van der Waals surface area contributed by atoms with Crippen molar-refractivity contribution in [1.29, 1.82) is 0 Å². The number of halogens is 2. The Morgan fingerprint density at radius 1 is 1.19 bits per heavy atom. The number of hydrogen-bond donors (Lipinski definition) is 1. The highest BCUT2D eigenvalue weighted by Gasteiger charge is 2.12. The molecule has 0 aliphatic heterocycles. The molecule has 7 heteroatoms. The maximum Gasteiger partial charge on any atom is 0.187 e. The van der Waals surface area contributed by atoms with Gasteiger partial charge in [0.25, 0.3) is 0 Å². The van der Waals surface area contributed by atoms with Gasteiger partial charge in [0, 0.05) is 15.7 Å². The second kappa shape index (κ2) is 5.46. The Morgan fingerprint density at radius 2 is 2.00 bits per heavy atom. The van der Waals surface area contributed by atoms with Gasteiger partial charge >= 0.3 is 0 Å². The van der Waals surface area contributed by atoms with E-state index >= 15 is 0 Å². The van der Waals surface area contributed by atoms with Gasteiger partial charge in [-0.25, -0.2) is 0 Å². The van der Waals surface area contributed by atoms with Gasteiger partial charge in [-0.3, -0.25) is 0 Å². The van der Waals surface area contributed by atoms with Crippen molar-refractivity contribution in [3.05, 3.63) is 51.5 Å². The number of aryl methyl sites for hydroxylation is 1. The highest BCUT2D eigenvalue weighted by atomic mass is 79.9. The van der Waals surface area contributed by atoms with E-state index in [1.54, 1.807) is 10.7 Å². The lowest BCUT2D eigenvalue weighted by atomic mass is 10.1. The van der Waals surface area contributed by atoms with Gasteiger partial charge in [-0.1, -0.05) is 11.6 Å². The van der Waals surface area contributed by atoms with Gasteiger partial charge in [-0.2, -0.15) is 4.68 Å². The zero-order valence-electron chi connectivity index (χ0n) is 11.1. The maximum absolute atomic E-state index is 6.02. The highest BCUT2D eigenvalue weighted by Crippen LogP contribution is 2.27. The lowest BCUT2D eigenvalue weighted by Gasteiger charge is -2.07. The predicted molar refractivity (Wildman–Crippen MR) is 86.4 cm³/mol. The summed E-state index contributed by atoms with van der Waals surface area (Å²) < 4.78 is 2.45. The normalized spacial score (nSPS) is 10.8. The molecular weight excluding hydrogens is 354 g/mol. The van der Waals surface area contributed by atoms with E-state index in [0.29, 0.717) is 10.8 Å². The van der Waals surface area contributed by atoms with Crippen LogP contribution in [0.5, 0.6) is 0 Å². The first-order chi connectivity index (χ1) is 10.1. The summed E-state index contributed by atoms with van der Waals surface area (Å²) in [6.45, 7) is 1.95. The van der Waals surface area contributed by atoms with Crippen molar-refractivity contribution in [2.75, 3.05) is 5.73 Å². The van der Waals surface area contributed by atoms with Crippen LogP contribution in [0.1, 0.15) is 5.56 Å². The number of nitrogens with two attached hydrogens (primary N) is 1. The largest absolute Gasteiger partial charge is 0.399 e. The van der Waals surface area contributed by atoms with Crippen LogP contribution in [0.15, 0.2) is 40.9 Å². The number of rotatable bonds is 2. The smallest absolute Gasteiger partial charge is 0.187 e. The zero-order chi connectivity index (χ0) is 15.0. The van der Waals surface area contributed by atoms with Crippen molar-refractivity contribution in [2.24, 2.45) is 0 Å². The minimum Gasteiger partial charge on any atom is -0.399 e. The molecule has 2 aromatic carbocycles. The summed E-state index contributed by atoms with van der Waals surface area (Å²) in [5.41, 5.74) is 9.30. The van der Waals surface area contributed by atoms with Crippen LogP contribution in [-0.2, 0) is 0 Å². The molecular formula is C14H11BrClN5. The van der Waals surface area contributed by atoms with E-state index in [0.717, 1.165) is 27.0 Å². The quantitative estimate of drug-likeness (QED) is 0.705. The molecule has 0 radical (unpaired) electrons. The fourth-order valence-corrected chi connectivity index (χ4v) is 2.46. The first-order valence-electron chi connectivity index (χ1n) is 6.16. The number of nitrogen functional groups attached to an aromatic ring is 1. The Morgan fingerprint density at radius 3 is 2.71 bits per heavy atom. The Bertz CT molecular complexity index is 749. The molecule has 1 heterocycles. The van der Waals surface area contributed by atoms with Crippen LogP contribution in [0.2, 0.25) is 5.02 Å². The molecule has 0 atom stereocenters. The summed E-state index contributed by atoms with van der Waals surface area (Å²) in [7, 11) is 0. The molecule has 5 nitrogen and oxygen atoms in total. The van der Waals surface area contributed by atoms with Crippen LogP contribution < -0.4 is 5.73 Å². The number of hydrogen-bond acceptors (Lipinski definition) is 4. The van der Waals surface area contributed by atoms with Gasteiger partial charge in [-0.15, -0.1) is 5.10 Å². The first kappa shape index (κ1) is 14.0. The van der Waals surface area contributed by atoms with Crippen LogP contribution in [0.3, 0.4) is 0 Å². The number of tetrazole rings is 1. The van der Waals surface area contributed by atoms with E-state index in [1.807, 2.05) is 37.3 Å². The second-order valence-electron chi connectivity index (χ2n) is 4.58. The molecule has 0 spiro atoms. The molecule has 1 aromatic heterocycles. The number of aromatic nitrogens is 4. The van der Waals surface area contributed by atoms with Crippen molar-refractivity contribution in [3.8, 4) is 17.1 Å². The Balaban J connectivity index is 2.12. The molecule has 3 rings (SSSR count). The molecule has 0 saturated heterocycles. The van der Waals surface area contributed by atoms with Gasteiger partial charge in [0.2, 0.25) is 0 Å². The second-order valence-corrected chi connectivity index (χ2v) is 5.85. The predicted octanol–water partition coefficient (Wildman–Crippen LogP) is 3.64. The average molecular weight is 365 g/mol. The molecule has 0 saturated carbocycles. The standard InChI is InChI=1S/C14H11BrClN5/c1-8-6-9(2-5-13(8)17)14-18-19-20-21(14)10-3-4-12(16)11(15)7-10/h2-7H,17H2,1H3. The van der Waals surface area contributed by atoms with Crippen molar-refractivity contribution in [2.45, 2.75) is 6.92 Å². The third-order valence-corrected chi connectivity index (χ3v) is 4.36. The van der Waals surface area contributed by atoms with Crippen LogP contribution in [-0.4, -0.2) is 20.2 Å². The molecule has 0 aliphatic rings. The van der Waals surface area contributed by atoms with Gasteiger partial charge in [0.1, 0.15) is 0 Å². The SMILES string of the molecule is Cc1cc(-c2nnnn2-c2ccc(Cl)c(Br)c2)ccc1N. The van der Waals surface area contributed by atoms with Crippen molar-refractivity contribution in [3.63, 3.8) is 0 Å². The number of anilines is 1. The lowest BCUT2D eigenvalue weighted by Crippen LogP contribution is -2.00. The molecule has 0 unspecified atom stereocenters. The molecule has 0 bridgehead atoms. The number of benzene rings is 2. The molecule has 21 heavy (non-hydrogen) atoms. The fraction of sp³-hybridized carbons (Fsp3) is 0.0714. The van der Waals surface area contributed by atoms with Crippen molar-refractivity contribution in [1.82, 2.24) is 20.2 Å².